The smallest absolute Gasteiger partial charge is 0.344 e. The molecule has 0 saturated heterocycles. The van der Waals surface area contributed by atoms with Gasteiger partial charge in [-0.3, -0.25) is 0 Å². The van der Waals surface area contributed by atoms with E-state index in [0.29, 0.717) is 18.3 Å². The first kappa shape index (κ1) is 22.0. The van der Waals surface area contributed by atoms with Crippen molar-refractivity contribution in [1.82, 2.24) is 0 Å². The van der Waals surface area contributed by atoms with Crippen LogP contribution in [0.3, 0.4) is 0 Å². The van der Waals surface area contributed by atoms with Crippen molar-refractivity contribution in [1.29, 1.82) is 5.26 Å². The number of thiophene rings is 1. The van der Waals surface area contributed by atoms with Crippen LogP contribution in [0.4, 0.5) is 5.00 Å². The maximum absolute atomic E-state index is 11.4. The zero-order chi connectivity index (χ0) is 21.7. The maximum Gasteiger partial charge on any atom is 0.344 e. The number of hydrogen-bond acceptors (Lipinski definition) is 6. The van der Waals surface area contributed by atoms with Crippen molar-refractivity contribution in [3.63, 3.8) is 0 Å². The molecule has 2 aromatic rings. The van der Waals surface area contributed by atoms with Gasteiger partial charge in [-0.15, -0.1) is 11.3 Å². The van der Waals surface area contributed by atoms with Crippen molar-refractivity contribution >= 4 is 28.5 Å². The number of carbonyl (C=O) groups excluding carboxylic acids is 1. The van der Waals surface area contributed by atoms with Crippen LogP contribution < -0.4 is 4.74 Å². The highest BCUT2D eigenvalue weighted by Gasteiger charge is 2.32. The summed E-state index contributed by atoms with van der Waals surface area (Å²) in [6.07, 6.45) is 4.88. The molecule has 158 valence electrons. The van der Waals surface area contributed by atoms with Crippen molar-refractivity contribution in [3.05, 3.63) is 45.8 Å². The van der Waals surface area contributed by atoms with Gasteiger partial charge in [0.25, 0.3) is 0 Å². The number of aliphatic imine (C=N–C) groups is 1. The third-order valence-corrected chi connectivity index (χ3v) is 6.62. The predicted octanol–water partition coefficient (Wildman–Crippen LogP) is 5.46. The van der Waals surface area contributed by atoms with Crippen LogP contribution in [0.1, 0.15) is 55.7 Å². The van der Waals surface area contributed by atoms with Crippen LogP contribution in [0.25, 0.3) is 0 Å². The second-order valence-electron chi connectivity index (χ2n) is 8.52. The Kier molecular flexibility index (Phi) is 6.94. The van der Waals surface area contributed by atoms with Crippen LogP contribution in [0.15, 0.2) is 29.3 Å². The molecule has 0 unspecified atom stereocenters. The summed E-state index contributed by atoms with van der Waals surface area (Å²) in [5.74, 6) is 0.842. The first-order valence-electron chi connectivity index (χ1n) is 10.3. The number of fused-ring (bicyclic) bond motifs is 1. The fourth-order valence-electron chi connectivity index (χ4n) is 3.65. The lowest BCUT2D eigenvalue weighted by Crippen LogP contribution is -2.26. The number of rotatable bonds is 6. The number of benzene rings is 1. The largest absolute Gasteiger partial charge is 0.482 e. The highest BCUT2D eigenvalue weighted by atomic mass is 32.1. The van der Waals surface area contributed by atoms with Crippen LogP contribution in [0.5, 0.6) is 5.75 Å². The molecule has 1 atom stereocenters. The zero-order valence-electron chi connectivity index (χ0n) is 18.0. The molecule has 0 aliphatic heterocycles. The second kappa shape index (κ2) is 9.44. The number of nitriles is 1. The van der Waals surface area contributed by atoms with E-state index in [1.54, 1.807) is 36.6 Å². The Hall–Kier alpha value is -2.65. The lowest BCUT2D eigenvalue weighted by Gasteiger charge is -2.33. The molecular weight excluding hydrogens is 396 g/mol. The van der Waals surface area contributed by atoms with Crippen molar-refractivity contribution in [2.75, 3.05) is 13.2 Å². The molecule has 0 bridgehead atoms. The molecule has 1 aliphatic carbocycles. The van der Waals surface area contributed by atoms with Gasteiger partial charge < -0.3 is 9.47 Å². The van der Waals surface area contributed by atoms with E-state index < -0.39 is 0 Å². The normalized spacial score (nSPS) is 16.2. The van der Waals surface area contributed by atoms with E-state index in [1.807, 2.05) is 12.1 Å². The van der Waals surface area contributed by atoms with E-state index in [1.165, 1.54) is 10.4 Å². The minimum Gasteiger partial charge on any atom is -0.482 e. The van der Waals surface area contributed by atoms with Gasteiger partial charge in [-0.2, -0.15) is 5.26 Å². The minimum atomic E-state index is -0.387. The zero-order valence-corrected chi connectivity index (χ0v) is 18.8. The standard InChI is InChI=1S/C24H28N2O3S/c1-5-28-22(27)15-29-18-9-6-16(7-10-18)14-26-23-20(13-25)19-11-8-17(24(2,3)4)12-21(19)30-23/h6-7,9-10,14,17H,5,8,11-12,15H2,1-4H3/t17-/m0/s1. The van der Waals surface area contributed by atoms with Crippen molar-refractivity contribution in [3.8, 4) is 11.8 Å². The Morgan fingerprint density at radius 2 is 2.07 bits per heavy atom. The van der Waals surface area contributed by atoms with E-state index in [4.69, 9.17) is 9.47 Å². The summed E-state index contributed by atoms with van der Waals surface area (Å²) >= 11 is 1.65. The van der Waals surface area contributed by atoms with Crippen molar-refractivity contribution in [2.24, 2.45) is 16.3 Å². The number of ether oxygens (including phenoxy) is 2. The van der Waals surface area contributed by atoms with Gasteiger partial charge in [0.05, 0.1) is 12.2 Å². The van der Waals surface area contributed by atoms with E-state index in [-0.39, 0.29) is 18.0 Å². The Labute approximate surface area is 182 Å². The van der Waals surface area contributed by atoms with Crippen LogP contribution in [0.2, 0.25) is 0 Å². The number of nitrogens with zero attached hydrogens (tertiary/aromatic N) is 2. The van der Waals surface area contributed by atoms with Gasteiger partial charge in [-0.25, -0.2) is 9.79 Å². The Morgan fingerprint density at radius 1 is 1.33 bits per heavy atom. The number of esters is 1. The molecule has 1 aliphatic rings. The fraction of sp³-hybridized carbons (Fsp3) is 0.458. The van der Waals surface area contributed by atoms with Gasteiger partial charge in [0.15, 0.2) is 6.61 Å². The molecule has 3 rings (SSSR count). The van der Waals surface area contributed by atoms with Crippen molar-refractivity contribution in [2.45, 2.75) is 47.0 Å². The highest BCUT2D eigenvalue weighted by molar-refractivity contribution is 7.16. The van der Waals surface area contributed by atoms with E-state index in [0.717, 1.165) is 35.4 Å². The molecular formula is C24H28N2O3S. The molecule has 0 amide bonds. The molecule has 30 heavy (non-hydrogen) atoms. The van der Waals surface area contributed by atoms with Gasteiger partial charge in [0, 0.05) is 11.1 Å². The molecule has 0 N–H and O–H groups in total. The summed E-state index contributed by atoms with van der Waals surface area (Å²) in [5.41, 5.74) is 3.10. The molecule has 5 nitrogen and oxygen atoms in total. The number of hydrogen-bond donors (Lipinski definition) is 0. The average Bonchev–Trinajstić information content (AvgIpc) is 3.07. The molecule has 1 aromatic carbocycles. The first-order chi connectivity index (χ1) is 14.3. The predicted molar refractivity (Wildman–Crippen MR) is 120 cm³/mol. The van der Waals surface area contributed by atoms with Gasteiger partial charge in [0.1, 0.15) is 16.8 Å². The summed E-state index contributed by atoms with van der Waals surface area (Å²) in [5, 5.41) is 10.5. The first-order valence-corrected chi connectivity index (χ1v) is 11.1. The van der Waals surface area contributed by atoms with Crippen molar-refractivity contribution < 1.29 is 14.3 Å². The third-order valence-electron chi connectivity index (χ3n) is 5.46. The second-order valence-corrected chi connectivity index (χ2v) is 9.61. The Morgan fingerprint density at radius 3 is 2.70 bits per heavy atom. The molecule has 0 spiro atoms. The van der Waals surface area contributed by atoms with Gasteiger partial charge in [-0.1, -0.05) is 20.8 Å². The highest BCUT2D eigenvalue weighted by Crippen LogP contribution is 2.44. The summed E-state index contributed by atoms with van der Waals surface area (Å²) in [6.45, 7) is 8.87. The van der Waals surface area contributed by atoms with Crippen LogP contribution in [0, 0.1) is 22.7 Å². The monoisotopic (exact) mass is 424 g/mol. The summed E-state index contributed by atoms with van der Waals surface area (Å²) < 4.78 is 10.3. The van der Waals surface area contributed by atoms with Gasteiger partial charge in [-0.05, 0) is 72.9 Å². The topological polar surface area (TPSA) is 71.7 Å². The summed E-state index contributed by atoms with van der Waals surface area (Å²) in [7, 11) is 0. The van der Waals surface area contributed by atoms with Gasteiger partial charge >= 0.3 is 5.97 Å². The van der Waals surface area contributed by atoms with Crippen LogP contribution >= 0.6 is 11.3 Å². The minimum absolute atomic E-state index is 0.108. The SMILES string of the molecule is CCOC(=O)COc1ccc(C=Nc2sc3c(c2C#N)CC[C@H](C(C)(C)C)C3)cc1. The summed E-state index contributed by atoms with van der Waals surface area (Å²) in [4.78, 5) is 17.3. The van der Waals surface area contributed by atoms with E-state index in [2.05, 4.69) is 31.8 Å². The van der Waals surface area contributed by atoms with Gasteiger partial charge in [0.2, 0.25) is 0 Å². The Balaban J connectivity index is 1.70. The lowest BCUT2D eigenvalue weighted by molar-refractivity contribution is -0.145. The molecule has 6 heteroatoms. The molecule has 1 aromatic heterocycles. The molecule has 0 radical (unpaired) electrons. The van der Waals surface area contributed by atoms with E-state index in [9.17, 15) is 10.1 Å². The van der Waals surface area contributed by atoms with Crippen LogP contribution in [-0.4, -0.2) is 25.4 Å². The fourth-order valence-corrected chi connectivity index (χ4v) is 4.87. The van der Waals surface area contributed by atoms with E-state index >= 15 is 0 Å². The Bertz CT molecular complexity index is 962. The molecule has 0 fully saturated rings. The molecule has 1 heterocycles. The molecule has 0 saturated carbocycles. The average molecular weight is 425 g/mol. The summed E-state index contributed by atoms with van der Waals surface area (Å²) in [6, 6.07) is 9.70. The quantitative estimate of drug-likeness (QED) is 0.456. The number of carbonyl (C=O) groups is 1. The maximum atomic E-state index is 11.4. The third kappa shape index (κ3) is 5.28. The lowest BCUT2D eigenvalue weighted by atomic mass is 9.72. The van der Waals surface area contributed by atoms with Crippen LogP contribution in [-0.2, 0) is 22.4 Å².